The van der Waals surface area contributed by atoms with Crippen LogP contribution in [0.15, 0.2) is 35.5 Å². The molecule has 5 N–H and O–H groups in total. The maximum Gasteiger partial charge on any atom is 0.335 e. The van der Waals surface area contributed by atoms with Crippen LogP contribution in [-0.4, -0.2) is 74.5 Å². The van der Waals surface area contributed by atoms with E-state index in [-0.39, 0.29) is 28.6 Å². The fraction of sp³-hybridized carbons (Fsp3) is 0.571. The number of benzene rings is 1. The van der Waals surface area contributed by atoms with Gasteiger partial charge >= 0.3 is 5.97 Å². The lowest BCUT2D eigenvalue weighted by Crippen LogP contribution is -2.42. The van der Waals surface area contributed by atoms with Crippen LogP contribution in [0.4, 0.5) is 11.8 Å². The number of carbonyl (C=O) groups is 1. The Hall–Kier alpha value is -3.29. The van der Waals surface area contributed by atoms with Crippen molar-refractivity contribution in [3.8, 4) is 0 Å². The van der Waals surface area contributed by atoms with Crippen molar-refractivity contribution in [3.05, 3.63) is 36.2 Å². The van der Waals surface area contributed by atoms with Crippen LogP contribution in [0.5, 0.6) is 0 Å². The van der Waals surface area contributed by atoms with E-state index in [0.717, 1.165) is 49.7 Å². The van der Waals surface area contributed by atoms with E-state index in [0.29, 0.717) is 43.7 Å². The minimum Gasteiger partial charge on any atom is -0.478 e. The molecular weight excluding hydrogens is 544 g/mol. The lowest BCUT2D eigenvalue weighted by atomic mass is 9.92. The lowest BCUT2D eigenvalue weighted by molar-refractivity contribution is 0.0696. The third-order valence-corrected chi connectivity index (χ3v) is 10.7. The summed E-state index contributed by atoms with van der Waals surface area (Å²) < 4.78 is 30.1. The van der Waals surface area contributed by atoms with Gasteiger partial charge in [-0.15, -0.1) is 0 Å². The Morgan fingerprint density at radius 2 is 1.66 bits per heavy atom. The van der Waals surface area contributed by atoms with Crippen LogP contribution in [0.1, 0.15) is 80.6 Å². The second-order valence-electron chi connectivity index (χ2n) is 11.6. The van der Waals surface area contributed by atoms with E-state index in [2.05, 4.69) is 15.2 Å². The van der Waals surface area contributed by atoms with E-state index < -0.39 is 16.0 Å². The molecule has 0 radical (unpaired) electrons. The van der Waals surface area contributed by atoms with Crippen molar-refractivity contribution >= 4 is 38.9 Å². The molecule has 1 aliphatic heterocycles. The smallest absolute Gasteiger partial charge is 0.335 e. The first kappa shape index (κ1) is 27.9. The third kappa shape index (κ3) is 5.88. The first-order valence-electron chi connectivity index (χ1n) is 14.6. The summed E-state index contributed by atoms with van der Waals surface area (Å²) >= 11 is 0. The number of piperidine rings is 1. The quantitative estimate of drug-likeness (QED) is 0.308. The predicted octanol–water partition coefficient (Wildman–Crippen LogP) is 3.59. The van der Waals surface area contributed by atoms with Crippen molar-refractivity contribution in [2.24, 2.45) is 5.73 Å². The van der Waals surface area contributed by atoms with E-state index in [1.807, 2.05) is 6.33 Å². The van der Waals surface area contributed by atoms with Gasteiger partial charge in [-0.05, 0) is 69.6 Å². The molecule has 2 aromatic heterocycles. The van der Waals surface area contributed by atoms with Gasteiger partial charge in [0.25, 0.3) is 0 Å². The summed E-state index contributed by atoms with van der Waals surface area (Å²) in [6.07, 6.45) is 11.6. The van der Waals surface area contributed by atoms with E-state index in [9.17, 15) is 18.3 Å². The van der Waals surface area contributed by atoms with E-state index in [1.165, 1.54) is 41.4 Å². The largest absolute Gasteiger partial charge is 0.478 e. The van der Waals surface area contributed by atoms with Crippen LogP contribution in [0.2, 0.25) is 0 Å². The van der Waals surface area contributed by atoms with Crippen LogP contribution in [-0.2, 0) is 10.0 Å². The van der Waals surface area contributed by atoms with Gasteiger partial charge in [0.1, 0.15) is 0 Å². The molecule has 12 nitrogen and oxygen atoms in total. The minimum atomic E-state index is -3.80. The molecule has 0 amide bonds. The molecule has 0 bridgehead atoms. The maximum absolute atomic E-state index is 13.2. The number of carboxylic acids is 1. The lowest BCUT2D eigenvalue weighted by Gasteiger charge is -2.32. The Bertz CT molecular complexity index is 1500. The molecule has 1 saturated heterocycles. The van der Waals surface area contributed by atoms with E-state index in [1.54, 1.807) is 0 Å². The molecule has 0 atom stereocenters. The molecule has 2 aliphatic carbocycles. The van der Waals surface area contributed by atoms with Crippen molar-refractivity contribution in [2.45, 2.75) is 93.3 Å². The number of fused-ring (bicyclic) bond motifs is 1. The number of hydrogen-bond donors (Lipinski definition) is 4. The van der Waals surface area contributed by atoms with Gasteiger partial charge in [-0.25, -0.2) is 18.2 Å². The van der Waals surface area contributed by atoms with E-state index >= 15 is 0 Å². The molecule has 0 spiro atoms. The molecule has 2 saturated carbocycles. The Balaban J connectivity index is 1.20. The summed E-state index contributed by atoms with van der Waals surface area (Å²) in [5.74, 6) is 0.0909. The number of nitrogens with zero attached hydrogens (tertiary/aromatic N) is 5. The SMILES string of the molecule is NC1CCC(Nc2nc(NC3CCN(S(=O)(=O)c4cccc(C(=O)O)c4)CC3)c3ncn(C4CCCC4)c3n2)CC1. The standard InChI is InChI=1S/C28H38N8O4S/c29-19-8-10-20(11-9-19)32-28-33-25(24-26(34-28)36(17-30-24)22-5-1-2-6-22)31-21-12-14-35(15-13-21)41(39,40)23-7-3-4-18(16-23)27(37)38/h3-4,7,16-17,19-22H,1-2,5-6,8-15,29H2,(H,37,38)(H2,31,32,33,34). The Labute approximate surface area is 239 Å². The molecule has 3 aliphatic rings. The minimum absolute atomic E-state index is 0.00171. The molecular formula is C28H38N8O4S. The fourth-order valence-electron chi connectivity index (χ4n) is 6.35. The van der Waals surface area contributed by atoms with Gasteiger partial charge in [0.15, 0.2) is 17.0 Å². The van der Waals surface area contributed by atoms with Crippen LogP contribution < -0.4 is 16.4 Å². The van der Waals surface area contributed by atoms with Crippen molar-refractivity contribution in [2.75, 3.05) is 23.7 Å². The van der Waals surface area contributed by atoms with Crippen LogP contribution in [0, 0.1) is 0 Å². The van der Waals surface area contributed by atoms with Gasteiger partial charge in [-0.2, -0.15) is 14.3 Å². The molecule has 13 heteroatoms. The topological polar surface area (TPSA) is 168 Å². The predicted molar refractivity (Wildman–Crippen MR) is 155 cm³/mol. The monoisotopic (exact) mass is 582 g/mol. The molecule has 1 aromatic carbocycles. The summed E-state index contributed by atoms with van der Waals surface area (Å²) in [5, 5.41) is 16.4. The molecule has 6 rings (SSSR count). The van der Waals surface area contributed by atoms with Crippen LogP contribution in [0.3, 0.4) is 0 Å². The number of sulfonamides is 1. The number of anilines is 2. The molecule has 0 unspecified atom stereocenters. The third-order valence-electron chi connectivity index (χ3n) is 8.76. The fourth-order valence-corrected chi connectivity index (χ4v) is 7.87. The molecule has 3 heterocycles. The molecule has 3 aromatic rings. The highest BCUT2D eigenvalue weighted by Crippen LogP contribution is 2.34. The van der Waals surface area contributed by atoms with Crippen molar-refractivity contribution in [1.29, 1.82) is 0 Å². The summed E-state index contributed by atoms with van der Waals surface area (Å²) in [6.45, 7) is 0.630. The summed E-state index contributed by atoms with van der Waals surface area (Å²) in [7, 11) is -3.80. The maximum atomic E-state index is 13.2. The summed E-state index contributed by atoms with van der Waals surface area (Å²) in [6, 6.07) is 6.43. The number of carboxylic acid groups (broad SMARTS) is 1. The van der Waals surface area contributed by atoms with E-state index in [4.69, 9.17) is 20.7 Å². The zero-order valence-corrected chi connectivity index (χ0v) is 23.9. The van der Waals surface area contributed by atoms with Gasteiger partial charge in [-0.1, -0.05) is 18.9 Å². The van der Waals surface area contributed by atoms with Gasteiger partial charge < -0.3 is 26.0 Å². The van der Waals surface area contributed by atoms with Gasteiger partial charge in [0, 0.05) is 37.3 Å². The van der Waals surface area contributed by atoms with Crippen molar-refractivity contribution in [3.63, 3.8) is 0 Å². The molecule has 3 fully saturated rings. The van der Waals surface area contributed by atoms with Crippen LogP contribution in [0.25, 0.3) is 11.2 Å². The number of hydrogen-bond acceptors (Lipinski definition) is 9. The van der Waals surface area contributed by atoms with Gasteiger partial charge in [0.05, 0.1) is 16.8 Å². The average Bonchev–Trinajstić information content (AvgIpc) is 3.65. The number of nitrogens with one attached hydrogen (secondary N) is 2. The Morgan fingerprint density at radius 1 is 0.951 bits per heavy atom. The second kappa shape index (κ2) is 11.5. The first-order valence-corrected chi connectivity index (χ1v) is 16.1. The summed E-state index contributed by atoms with van der Waals surface area (Å²) in [4.78, 5) is 25.8. The highest BCUT2D eigenvalue weighted by molar-refractivity contribution is 7.89. The zero-order valence-electron chi connectivity index (χ0n) is 23.1. The van der Waals surface area contributed by atoms with Crippen LogP contribution >= 0.6 is 0 Å². The first-order chi connectivity index (χ1) is 19.8. The normalized spacial score (nSPS) is 23.1. The number of imidazole rings is 1. The second-order valence-corrected chi connectivity index (χ2v) is 13.5. The highest BCUT2D eigenvalue weighted by Gasteiger charge is 2.31. The number of aromatic carboxylic acids is 1. The highest BCUT2D eigenvalue weighted by atomic mass is 32.2. The molecule has 41 heavy (non-hydrogen) atoms. The van der Waals surface area contributed by atoms with Gasteiger partial charge in [0.2, 0.25) is 16.0 Å². The average molecular weight is 583 g/mol. The number of nitrogens with two attached hydrogens (primary N) is 1. The Morgan fingerprint density at radius 3 is 2.37 bits per heavy atom. The zero-order chi connectivity index (χ0) is 28.6. The van der Waals surface area contributed by atoms with Crippen molar-refractivity contribution in [1.82, 2.24) is 23.8 Å². The van der Waals surface area contributed by atoms with Gasteiger partial charge in [-0.3, -0.25) is 0 Å². The van der Waals surface area contributed by atoms with Crippen molar-refractivity contribution < 1.29 is 18.3 Å². The number of rotatable bonds is 8. The number of aromatic nitrogens is 4. The molecule has 220 valence electrons. The Kier molecular flexibility index (Phi) is 7.84. The summed E-state index contributed by atoms with van der Waals surface area (Å²) in [5.41, 5.74) is 7.62.